The molecule has 1 aromatic heterocycles. The van der Waals surface area contributed by atoms with Gasteiger partial charge in [0.15, 0.2) is 0 Å². The van der Waals surface area contributed by atoms with Gasteiger partial charge in [-0.2, -0.15) is 4.98 Å². The van der Waals surface area contributed by atoms with E-state index in [1.165, 1.54) is 24.3 Å². The Bertz CT molecular complexity index is 1050. The minimum Gasteiger partial charge on any atom is -0.419 e. The second kappa shape index (κ2) is 8.77. The Morgan fingerprint density at radius 1 is 1.14 bits per heavy atom. The van der Waals surface area contributed by atoms with Crippen LogP contribution in [-0.2, 0) is 14.6 Å². The molecule has 2 aromatic carbocycles. The number of aryl methyl sites for hydroxylation is 1. The van der Waals surface area contributed by atoms with Crippen LogP contribution in [0.2, 0.25) is 5.02 Å². The molecule has 6 nitrogen and oxygen atoms in total. The highest BCUT2D eigenvalue weighted by Crippen LogP contribution is 2.33. The van der Waals surface area contributed by atoms with E-state index in [2.05, 4.69) is 10.3 Å². The maximum atomic E-state index is 13.2. The van der Waals surface area contributed by atoms with Crippen LogP contribution in [0.4, 0.5) is 5.88 Å². The molecular weight excluding hydrogens is 400 g/mol. The van der Waals surface area contributed by atoms with Gasteiger partial charge < -0.3 is 14.5 Å². The molecule has 148 valence electrons. The van der Waals surface area contributed by atoms with Gasteiger partial charge in [0.25, 0.3) is 0 Å². The molecule has 0 unspecified atom stereocenters. The average molecular weight is 421 g/mol. The molecule has 1 N–H and O–H groups in total. The number of hydrogen-bond acceptors (Lipinski definition) is 6. The van der Waals surface area contributed by atoms with Crippen molar-refractivity contribution in [3.05, 3.63) is 59.1 Å². The summed E-state index contributed by atoms with van der Waals surface area (Å²) in [4.78, 5) is 4.43. The van der Waals surface area contributed by atoms with Crippen molar-refractivity contribution in [1.82, 2.24) is 4.98 Å². The average Bonchev–Trinajstić information content (AvgIpc) is 3.11. The maximum absolute atomic E-state index is 13.2. The second-order valence-electron chi connectivity index (χ2n) is 6.20. The summed E-state index contributed by atoms with van der Waals surface area (Å²) in [7, 11) is -2.27. The first-order valence-corrected chi connectivity index (χ1v) is 10.6. The smallest absolute Gasteiger partial charge is 0.233 e. The number of sulfone groups is 1. The lowest BCUT2D eigenvalue weighted by molar-refractivity contribution is 0.197. The summed E-state index contributed by atoms with van der Waals surface area (Å²) in [5, 5.41) is 3.34. The number of anilines is 1. The van der Waals surface area contributed by atoms with Gasteiger partial charge in [-0.25, -0.2) is 8.42 Å². The van der Waals surface area contributed by atoms with Crippen LogP contribution in [0.3, 0.4) is 0 Å². The molecular formula is C20H21ClN2O4S. The van der Waals surface area contributed by atoms with E-state index in [9.17, 15) is 8.42 Å². The van der Waals surface area contributed by atoms with Crippen molar-refractivity contribution in [3.8, 4) is 11.5 Å². The number of benzene rings is 2. The van der Waals surface area contributed by atoms with Gasteiger partial charge in [0.05, 0.1) is 4.90 Å². The molecule has 0 radical (unpaired) electrons. The highest BCUT2D eigenvalue weighted by Gasteiger charge is 2.28. The standard InChI is InChI=1S/C20H21ClN2O4S/c1-14-6-3-4-7-17(14)18-23-20(19(27-18)22-12-5-13-26-2)28(24,25)16-10-8-15(21)9-11-16/h3-4,6-11,22H,5,12-13H2,1-2H3. The molecule has 0 aliphatic heterocycles. The van der Waals surface area contributed by atoms with Crippen LogP contribution in [0.1, 0.15) is 12.0 Å². The zero-order valence-electron chi connectivity index (χ0n) is 15.6. The van der Waals surface area contributed by atoms with Crippen LogP contribution in [0.15, 0.2) is 62.9 Å². The second-order valence-corrected chi connectivity index (χ2v) is 8.50. The first-order chi connectivity index (χ1) is 13.4. The van der Waals surface area contributed by atoms with Gasteiger partial charge in [-0.15, -0.1) is 0 Å². The maximum Gasteiger partial charge on any atom is 0.233 e. The lowest BCUT2D eigenvalue weighted by Crippen LogP contribution is -2.09. The van der Waals surface area contributed by atoms with Gasteiger partial charge in [0.1, 0.15) is 0 Å². The molecule has 0 aliphatic carbocycles. The molecule has 0 amide bonds. The van der Waals surface area contributed by atoms with E-state index in [0.29, 0.717) is 24.6 Å². The monoisotopic (exact) mass is 420 g/mol. The zero-order valence-corrected chi connectivity index (χ0v) is 17.2. The third kappa shape index (κ3) is 4.38. The Morgan fingerprint density at radius 3 is 2.54 bits per heavy atom. The van der Waals surface area contributed by atoms with Crippen molar-refractivity contribution in [2.45, 2.75) is 23.3 Å². The normalized spacial score (nSPS) is 11.5. The minimum atomic E-state index is -3.89. The summed E-state index contributed by atoms with van der Waals surface area (Å²) < 4.78 is 37.2. The highest BCUT2D eigenvalue weighted by molar-refractivity contribution is 7.91. The van der Waals surface area contributed by atoms with Crippen LogP contribution in [0, 0.1) is 6.92 Å². The van der Waals surface area contributed by atoms with E-state index in [4.69, 9.17) is 20.8 Å². The van der Waals surface area contributed by atoms with E-state index in [1.807, 2.05) is 31.2 Å². The molecule has 3 rings (SSSR count). The summed E-state index contributed by atoms with van der Waals surface area (Å²) in [5.41, 5.74) is 1.67. The van der Waals surface area contributed by atoms with Gasteiger partial charge in [0, 0.05) is 30.8 Å². The Labute approximate surface area is 169 Å². The van der Waals surface area contributed by atoms with Gasteiger partial charge in [0.2, 0.25) is 26.6 Å². The quantitative estimate of drug-likeness (QED) is 0.537. The fraction of sp³-hybridized carbons (Fsp3) is 0.250. The molecule has 0 fully saturated rings. The third-order valence-corrected chi connectivity index (χ3v) is 6.09. The van der Waals surface area contributed by atoms with Gasteiger partial charge >= 0.3 is 0 Å². The summed E-state index contributed by atoms with van der Waals surface area (Å²) >= 11 is 5.89. The molecule has 28 heavy (non-hydrogen) atoms. The first-order valence-electron chi connectivity index (χ1n) is 8.74. The summed E-state index contributed by atoms with van der Waals surface area (Å²) in [5.74, 6) is 0.365. The van der Waals surface area contributed by atoms with Gasteiger partial charge in [-0.1, -0.05) is 29.8 Å². The number of halogens is 1. The third-order valence-electron chi connectivity index (χ3n) is 4.16. The largest absolute Gasteiger partial charge is 0.419 e. The van der Waals surface area contributed by atoms with Crippen molar-refractivity contribution >= 4 is 27.3 Å². The summed E-state index contributed by atoms with van der Waals surface area (Å²) in [6, 6.07) is 13.5. The molecule has 0 aliphatic rings. The van der Waals surface area contributed by atoms with Crippen molar-refractivity contribution in [3.63, 3.8) is 0 Å². The Balaban J connectivity index is 2.04. The molecule has 1 heterocycles. The van der Waals surface area contributed by atoms with Crippen LogP contribution in [0.5, 0.6) is 0 Å². The van der Waals surface area contributed by atoms with E-state index in [1.54, 1.807) is 7.11 Å². The highest BCUT2D eigenvalue weighted by atomic mass is 35.5. The number of ether oxygens (including phenoxy) is 1. The number of aromatic nitrogens is 1. The predicted molar refractivity (Wildman–Crippen MR) is 109 cm³/mol. The molecule has 0 saturated heterocycles. The molecule has 0 atom stereocenters. The van der Waals surface area contributed by atoms with E-state index < -0.39 is 9.84 Å². The van der Waals surface area contributed by atoms with Crippen LogP contribution in [0.25, 0.3) is 11.5 Å². The first kappa shape index (κ1) is 20.4. The number of hydrogen-bond donors (Lipinski definition) is 1. The molecule has 0 spiro atoms. The topological polar surface area (TPSA) is 81.4 Å². The van der Waals surface area contributed by atoms with Crippen molar-refractivity contribution < 1.29 is 17.6 Å². The molecule has 0 saturated carbocycles. The molecule has 0 bridgehead atoms. The zero-order chi connectivity index (χ0) is 20.1. The predicted octanol–water partition coefficient (Wildman–Crippen LogP) is 4.58. The van der Waals surface area contributed by atoms with E-state index in [-0.39, 0.29) is 21.7 Å². The minimum absolute atomic E-state index is 0.0986. The summed E-state index contributed by atoms with van der Waals surface area (Å²) in [6.45, 7) is 2.95. The molecule has 3 aromatic rings. The lowest BCUT2D eigenvalue weighted by Gasteiger charge is -2.06. The number of nitrogens with zero attached hydrogens (tertiary/aromatic N) is 1. The summed E-state index contributed by atoms with van der Waals surface area (Å²) in [6.07, 6.45) is 0.692. The van der Waals surface area contributed by atoms with Crippen molar-refractivity contribution in [2.24, 2.45) is 0 Å². The van der Waals surface area contributed by atoms with Gasteiger partial charge in [-0.05, 0) is 49.2 Å². The Hall–Kier alpha value is -2.35. The molecule has 8 heteroatoms. The van der Waals surface area contributed by atoms with E-state index >= 15 is 0 Å². The van der Waals surface area contributed by atoms with Crippen molar-refractivity contribution in [2.75, 3.05) is 25.6 Å². The van der Waals surface area contributed by atoms with Crippen molar-refractivity contribution in [1.29, 1.82) is 0 Å². The fourth-order valence-corrected chi connectivity index (χ4v) is 4.08. The van der Waals surface area contributed by atoms with Crippen LogP contribution >= 0.6 is 11.6 Å². The van der Waals surface area contributed by atoms with Crippen LogP contribution in [-0.4, -0.2) is 33.7 Å². The number of nitrogens with one attached hydrogen (secondary N) is 1. The Kier molecular flexibility index (Phi) is 6.39. The fourth-order valence-electron chi connectivity index (χ4n) is 2.67. The number of methoxy groups -OCH3 is 1. The number of oxazole rings is 1. The van der Waals surface area contributed by atoms with Crippen LogP contribution < -0.4 is 5.32 Å². The number of rotatable bonds is 8. The van der Waals surface area contributed by atoms with E-state index in [0.717, 1.165) is 11.1 Å². The Morgan fingerprint density at radius 2 is 1.86 bits per heavy atom. The SMILES string of the molecule is COCCCNc1oc(-c2ccccc2C)nc1S(=O)(=O)c1ccc(Cl)cc1. The van der Waals surface area contributed by atoms with Gasteiger partial charge in [-0.3, -0.25) is 0 Å². The lowest BCUT2D eigenvalue weighted by atomic mass is 10.1.